The molecule has 224 valence electrons. The lowest BCUT2D eigenvalue weighted by Crippen LogP contribution is -2.42. The van der Waals surface area contributed by atoms with E-state index in [2.05, 4.69) is 32.4 Å². The molecule has 0 spiro atoms. The Balaban J connectivity index is 0.00000368. The molecule has 2 N–H and O–H groups in total. The summed E-state index contributed by atoms with van der Waals surface area (Å²) in [6.07, 6.45) is 1.50. The van der Waals surface area contributed by atoms with Gasteiger partial charge in [0.25, 0.3) is 0 Å². The number of anilines is 2. The minimum absolute atomic E-state index is 0. The minimum atomic E-state index is -0.558. The van der Waals surface area contributed by atoms with E-state index in [1.165, 1.54) is 41.9 Å². The van der Waals surface area contributed by atoms with Gasteiger partial charge in [-0.3, -0.25) is 5.32 Å². The molecule has 2 saturated heterocycles. The summed E-state index contributed by atoms with van der Waals surface area (Å²) in [7, 11) is 0. The molecule has 2 aliphatic heterocycles. The maximum Gasteiger partial charge on any atom is 0.410 e. The molecule has 1 amide bonds. The number of ether oxygens (including phenoxy) is 3. The molecule has 2 atom stereocenters. The number of fused-ring (bicyclic) bond motifs is 1. The van der Waals surface area contributed by atoms with Crippen molar-refractivity contribution in [2.75, 3.05) is 38.2 Å². The molecule has 2 aromatic carbocycles. The molecule has 9 nitrogen and oxygen atoms in total. The zero-order valence-electron chi connectivity index (χ0n) is 22.8. The summed E-state index contributed by atoms with van der Waals surface area (Å²) in [6, 6.07) is 12.3. The van der Waals surface area contributed by atoms with Crippen LogP contribution in [0.15, 0.2) is 54.9 Å². The molecular weight excluding hydrogens is 600 g/mol. The fraction of sp³-hybridized carbons (Fsp3) is 0.300. The molecule has 43 heavy (non-hydrogen) atoms. The van der Waals surface area contributed by atoms with Crippen molar-refractivity contribution in [1.82, 2.24) is 20.2 Å². The second kappa shape index (κ2) is 14.0. The number of carbonyl (C=O) groups is 1. The molecule has 2 aromatic heterocycles. The fourth-order valence-electron chi connectivity index (χ4n) is 4.65. The van der Waals surface area contributed by atoms with Crippen LogP contribution >= 0.6 is 23.7 Å². The van der Waals surface area contributed by atoms with Crippen LogP contribution in [-0.4, -0.2) is 66.0 Å². The Labute approximate surface area is 257 Å². The van der Waals surface area contributed by atoms with Gasteiger partial charge < -0.3 is 24.4 Å². The minimum Gasteiger partial charge on any atom is -0.486 e. The third-order valence-corrected chi connectivity index (χ3v) is 7.83. The Morgan fingerprint density at radius 3 is 2.84 bits per heavy atom. The van der Waals surface area contributed by atoms with E-state index in [9.17, 15) is 13.6 Å². The molecule has 0 bridgehead atoms. The van der Waals surface area contributed by atoms with Gasteiger partial charge in [-0.15, -0.1) is 23.7 Å². The highest BCUT2D eigenvalue weighted by Gasteiger charge is 2.28. The van der Waals surface area contributed by atoms with Crippen molar-refractivity contribution in [2.45, 2.75) is 25.2 Å². The van der Waals surface area contributed by atoms with E-state index >= 15 is 0 Å². The number of amides is 1. The van der Waals surface area contributed by atoms with E-state index in [0.717, 1.165) is 9.58 Å². The van der Waals surface area contributed by atoms with Gasteiger partial charge in [-0.1, -0.05) is 24.0 Å². The van der Waals surface area contributed by atoms with Crippen LogP contribution in [0.2, 0.25) is 0 Å². The van der Waals surface area contributed by atoms with Crippen LogP contribution in [0.4, 0.5) is 25.1 Å². The van der Waals surface area contributed by atoms with Crippen molar-refractivity contribution < 1.29 is 27.8 Å². The maximum absolute atomic E-state index is 14.8. The summed E-state index contributed by atoms with van der Waals surface area (Å²) in [4.78, 5) is 23.5. The van der Waals surface area contributed by atoms with Crippen molar-refractivity contribution in [3.05, 3.63) is 76.9 Å². The van der Waals surface area contributed by atoms with Gasteiger partial charge in [0.15, 0.2) is 17.4 Å². The molecule has 2 fully saturated rings. The molecule has 2 aliphatic rings. The molecule has 0 aliphatic carbocycles. The summed E-state index contributed by atoms with van der Waals surface area (Å²) in [5.41, 5.74) is 1.81. The maximum atomic E-state index is 14.8. The molecule has 13 heteroatoms. The predicted molar refractivity (Wildman–Crippen MR) is 161 cm³/mol. The van der Waals surface area contributed by atoms with Crippen LogP contribution in [0.3, 0.4) is 0 Å². The number of aromatic nitrogens is 2. The monoisotopic (exact) mass is 627 g/mol. The van der Waals surface area contributed by atoms with Crippen molar-refractivity contribution >= 4 is 51.6 Å². The van der Waals surface area contributed by atoms with Gasteiger partial charge in [0, 0.05) is 37.8 Å². The zero-order chi connectivity index (χ0) is 28.9. The van der Waals surface area contributed by atoms with E-state index in [1.807, 2.05) is 6.07 Å². The molecule has 0 saturated carbocycles. The van der Waals surface area contributed by atoms with E-state index in [1.54, 1.807) is 23.1 Å². The number of hydrogen-bond donors (Lipinski definition) is 2. The van der Waals surface area contributed by atoms with Crippen LogP contribution in [0.5, 0.6) is 5.75 Å². The smallest absolute Gasteiger partial charge is 0.410 e. The van der Waals surface area contributed by atoms with Crippen LogP contribution < -0.4 is 15.4 Å². The van der Waals surface area contributed by atoms with Crippen LogP contribution in [0, 0.1) is 23.5 Å². The summed E-state index contributed by atoms with van der Waals surface area (Å²) in [6.45, 7) is 2.73. The summed E-state index contributed by atoms with van der Waals surface area (Å²) in [5, 5.41) is 6.45. The highest BCUT2D eigenvalue weighted by atomic mass is 35.5. The summed E-state index contributed by atoms with van der Waals surface area (Å²) < 4.78 is 45.4. The topological polar surface area (TPSA) is 97.8 Å². The van der Waals surface area contributed by atoms with E-state index in [0.29, 0.717) is 61.9 Å². The Kier molecular flexibility index (Phi) is 9.89. The Hall–Kier alpha value is -4.02. The van der Waals surface area contributed by atoms with Gasteiger partial charge in [-0.05, 0) is 35.9 Å². The SMILES string of the molecule is Cl.O=C(O[C@H]1CN[C@H](C#Cc2cc3ncnc(Nc4ccc(OCc5cccc(F)c5)c(F)c4)c3s2)C1)N1CCOCC1. The lowest BCUT2D eigenvalue weighted by Gasteiger charge is -2.27. The van der Waals surface area contributed by atoms with Crippen LogP contribution in [-0.2, 0) is 16.1 Å². The van der Waals surface area contributed by atoms with Gasteiger partial charge in [0.1, 0.15) is 24.9 Å². The molecule has 0 radical (unpaired) electrons. The highest BCUT2D eigenvalue weighted by Crippen LogP contribution is 2.32. The predicted octanol–water partition coefficient (Wildman–Crippen LogP) is 5.26. The first-order valence-electron chi connectivity index (χ1n) is 13.5. The number of halogens is 3. The van der Waals surface area contributed by atoms with Gasteiger partial charge in [-0.2, -0.15) is 0 Å². The number of nitrogens with zero attached hydrogens (tertiary/aromatic N) is 3. The number of nitrogens with one attached hydrogen (secondary N) is 2. The van der Waals surface area contributed by atoms with Gasteiger partial charge in [0.2, 0.25) is 0 Å². The first-order valence-corrected chi connectivity index (χ1v) is 14.3. The number of morpholine rings is 1. The van der Waals surface area contributed by atoms with Crippen molar-refractivity contribution in [3.63, 3.8) is 0 Å². The molecule has 6 rings (SSSR count). The second-order valence-electron chi connectivity index (χ2n) is 9.81. The van der Waals surface area contributed by atoms with Gasteiger partial charge in [0.05, 0.1) is 34.3 Å². The number of carbonyl (C=O) groups excluding carboxylic acids is 1. The van der Waals surface area contributed by atoms with E-state index in [-0.39, 0.29) is 48.8 Å². The van der Waals surface area contributed by atoms with Crippen LogP contribution in [0.1, 0.15) is 16.9 Å². The highest BCUT2D eigenvalue weighted by molar-refractivity contribution is 7.20. The quantitative estimate of drug-likeness (QED) is 0.279. The van der Waals surface area contributed by atoms with E-state index < -0.39 is 5.82 Å². The normalized spacial score (nSPS) is 18.0. The summed E-state index contributed by atoms with van der Waals surface area (Å²) >= 11 is 1.43. The zero-order valence-corrected chi connectivity index (χ0v) is 24.5. The first-order chi connectivity index (χ1) is 20.5. The standard InChI is InChI=1S/C30H27F2N5O4S.ClH/c31-20-3-1-2-19(12-20)17-40-27-7-5-22(14-25(27)32)36-29-28-26(34-18-35-29)15-24(42-28)6-4-21-13-23(16-33-21)41-30(38)37-8-10-39-11-9-37;/h1-3,5,7,12,14-15,18,21,23,33H,8-11,13,16-17H2,(H,34,35,36);1H/t21-,23-;/m1./s1. The lowest BCUT2D eigenvalue weighted by molar-refractivity contribution is 0.0156. The van der Waals surface area contributed by atoms with Gasteiger partial charge >= 0.3 is 6.09 Å². The number of benzene rings is 2. The molecule has 4 aromatic rings. The summed E-state index contributed by atoms with van der Waals surface area (Å²) in [5.74, 6) is 6.07. The average molecular weight is 628 g/mol. The Morgan fingerprint density at radius 1 is 1.16 bits per heavy atom. The number of thiophene rings is 1. The third kappa shape index (κ3) is 7.69. The first kappa shape index (κ1) is 30.4. The van der Waals surface area contributed by atoms with Crippen molar-refractivity contribution in [1.29, 1.82) is 0 Å². The fourth-order valence-corrected chi connectivity index (χ4v) is 5.57. The second-order valence-corrected chi connectivity index (χ2v) is 10.9. The Morgan fingerprint density at radius 2 is 2.02 bits per heavy atom. The lowest BCUT2D eigenvalue weighted by atomic mass is 10.2. The molecular formula is C30H28ClF2N5O4S. The van der Waals surface area contributed by atoms with E-state index in [4.69, 9.17) is 14.2 Å². The van der Waals surface area contributed by atoms with Crippen LogP contribution in [0.25, 0.3) is 10.2 Å². The molecule has 0 unspecified atom stereocenters. The van der Waals surface area contributed by atoms with Gasteiger partial charge in [-0.25, -0.2) is 23.5 Å². The number of hydrogen-bond acceptors (Lipinski definition) is 9. The number of rotatable bonds is 6. The van der Waals surface area contributed by atoms with Crippen molar-refractivity contribution in [2.24, 2.45) is 0 Å². The third-order valence-electron chi connectivity index (χ3n) is 6.79. The Bertz CT molecular complexity index is 1660. The molecule has 4 heterocycles. The largest absolute Gasteiger partial charge is 0.486 e. The van der Waals surface area contributed by atoms with Crippen molar-refractivity contribution in [3.8, 4) is 17.6 Å². The average Bonchev–Trinajstić information content (AvgIpc) is 3.63.